The number of ketones is 1. The smallest absolute Gasteiger partial charge is 0.303 e. The molecule has 1 N–H and O–H groups in total. The Morgan fingerprint density at radius 1 is 1.36 bits per heavy atom. The number of carboxylic acids is 1. The van der Waals surface area contributed by atoms with Crippen LogP contribution in [0.2, 0.25) is 0 Å². The monoisotopic (exact) mass is 197 g/mol. The lowest BCUT2D eigenvalue weighted by molar-refractivity contribution is -0.136. The predicted molar refractivity (Wildman–Crippen MR) is 45.4 cm³/mol. The van der Waals surface area contributed by atoms with E-state index in [0.29, 0.717) is 0 Å². The molecule has 0 saturated heterocycles. The van der Waals surface area contributed by atoms with Crippen LogP contribution in [0.4, 0.5) is 4.39 Å². The number of carbonyl (C=O) groups is 2. The number of hydrogen-bond donors (Lipinski definition) is 1. The Kier molecular flexibility index (Phi) is 3.28. The van der Waals surface area contributed by atoms with Crippen molar-refractivity contribution >= 4 is 11.8 Å². The van der Waals surface area contributed by atoms with Gasteiger partial charge in [0.05, 0.1) is 12.6 Å². The molecule has 0 bridgehead atoms. The number of aliphatic carboxylic acids is 1. The molecule has 0 fully saturated rings. The average molecular weight is 197 g/mol. The molecule has 0 aliphatic carbocycles. The Morgan fingerprint density at radius 3 is 2.64 bits per heavy atom. The molecule has 0 radical (unpaired) electrons. The van der Waals surface area contributed by atoms with E-state index in [9.17, 15) is 14.0 Å². The van der Waals surface area contributed by atoms with Crippen molar-refractivity contribution in [3.05, 3.63) is 29.8 Å². The summed E-state index contributed by atoms with van der Waals surface area (Å²) in [4.78, 5) is 24.9. The normalized spacial score (nSPS) is 9.79. The number of rotatable bonds is 4. The number of Topliss-reactive ketones (excluding diaryl/α,β-unsaturated/α-hetero) is 1. The SMILES string of the molecule is O=C(O)CCC(=O)c1cncc(F)c1. The molecule has 0 atom stereocenters. The molecule has 0 spiro atoms. The molecular weight excluding hydrogens is 189 g/mol. The van der Waals surface area contributed by atoms with Gasteiger partial charge in [0.15, 0.2) is 5.78 Å². The van der Waals surface area contributed by atoms with E-state index < -0.39 is 17.6 Å². The molecule has 0 aliphatic heterocycles. The summed E-state index contributed by atoms with van der Waals surface area (Å²) in [5, 5.41) is 8.32. The van der Waals surface area contributed by atoms with Gasteiger partial charge in [-0.05, 0) is 6.07 Å². The lowest BCUT2D eigenvalue weighted by atomic mass is 10.1. The first-order chi connectivity index (χ1) is 6.59. The van der Waals surface area contributed by atoms with Crippen LogP contribution >= 0.6 is 0 Å². The summed E-state index contributed by atoms with van der Waals surface area (Å²) in [6.07, 6.45) is 1.80. The Hall–Kier alpha value is -1.78. The lowest BCUT2D eigenvalue weighted by Gasteiger charge is -1.97. The van der Waals surface area contributed by atoms with Gasteiger partial charge in [-0.2, -0.15) is 0 Å². The standard InChI is InChI=1S/C9H8FNO3/c10-7-3-6(4-11-5-7)8(12)1-2-9(13)14/h3-5H,1-2H2,(H,13,14). The summed E-state index contributed by atoms with van der Waals surface area (Å²) in [6.45, 7) is 0. The molecule has 14 heavy (non-hydrogen) atoms. The fraction of sp³-hybridized carbons (Fsp3) is 0.222. The van der Waals surface area contributed by atoms with Gasteiger partial charge in [-0.15, -0.1) is 0 Å². The highest BCUT2D eigenvalue weighted by molar-refractivity contribution is 5.97. The van der Waals surface area contributed by atoms with Gasteiger partial charge in [0.1, 0.15) is 5.82 Å². The van der Waals surface area contributed by atoms with Crippen LogP contribution in [0, 0.1) is 5.82 Å². The Labute approximate surface area is 79.4 Å². The van der Waals surface area contributed by atoms with Crippen molar-refractivity contribution in [3.63, 3.8) is 0 Å². The van der Waals surface area contributed by atoms with Crippen molar-refractivity contribution < 1.29 is 19.1 Å². The molecule has 1 aromatic heterocycles. The van der Waals surface area contributed by atoms with Gasteiger partial charge >= 0.3 is 5.97 Å². The summed E-state index contributed by atoms with van der Waals surface area (Å²) in [7, 11) is 0. The van der Waals surface area contributed by atoms with Crippen LogP contribution in [0.3, 0.4) is 0 Å². The second-order valence-electron chi connectivity index (χ2n) is 2.71. The van der Waals surface area contributed by atoms with Gasteiger partial charge in [0.2, 0.25) is 0 Å². The summed E-state index contributed by atoms with van der Waals surface area (Å²) in [5.41, 5.74) is 0.103. The van der Waals surface area contributed by atoms with E-state index >= 15 is 0 Å². The number of nitrogens with zero attached hydrogens (tertiary/aromatic N) is 1. The minimum absolute atomic E-state index is 0.103. The van der Waals surface area contributed by atoms with Gasteiger partial charge in [-0.1, -0.05) is 0 Å². The average Bonchev–Trinajstić information content (AvgIpc) is 2.14. The van der Waals surface area contributed by atoms with E-state index in [2.05, 4.69) is 4.98 Å². The molecule has 74 valence electrons. The van der Waals surface area contributed by atoms with Crippen molar-refractivity contribution in [2.45, 2.75) is 12.8 Å². The highest BCUT2D eigenvalue weighted by Crippen LogP contribution is 2.05. The van der Waals surface area contributed by atoms with Crippen LogP contribution in [0.15, 0.2) is 18.5 Å². The Bertz CT molecular complexity index is 365. The second kappa shape index (κ2) is 4.45. The van der Waals surface area contributed by atoms with E-state index in [4.69, 9.17) is 5.11 Å². The highest BCUT2D eigenvalue weighted by atomic mass is 19.1. The third-order valence-corrected chi connectivity index (χ3v) is 1.59. The van der Waals surface area contributed by atoms with Crippen LogP contribution in [0.1, 0.15) is 23.2 Å². The second-order valence-corrected chi connectivity index (χ2v) is 2.71. The maximum absolute atomic E-state index is 12.6. The molecule has 0 amide bonds. The van der Waals surface area contributed by atoms with E-state index in [1.54, 1.807) is 0 Å². The third-order valence-electron chi connectivity index (χ3n) is 1.59. The summed E-state index contributed by atoms with van der Waals surface area (Å²) in [6, 6.07) is 1.04. The minimum atomic E-state index is -1.05. The molecule has 0 aliphatic rings. The number of hydrogen-bond acceptors (Lipinski definition) is 3. The third kappa shape index (κ3) is 2.93. The first-order valence-electron chi connectivity index (χ1n) is 3.95. The Morgan fingerprint density at radius 2 is 2.07 bits per heavy atom. The van der Waals surface area contributed by atoms with Crippen molar-refractivity contribution in [1.82, 2.24) is 4.98 Å². The molecule has 5 heteroatoms. The van der Waals surface area contributed by atoms with E-state index in [0.717, 1.165) is 12.3 Å². The van der Waals surface area contributed by atoms with Crippen molar-refractivity contribution in [1.29, 1.82) is 0 Å². The fourth-order valence-corrected chi connectivity index (χ4v) is 0.929. The largest absolute Gasteiger partial charge is 0.481 e. The van der Waals surface area contributed by atoms with Crippen LogP contribution in [-0.2, 0) is 4.79 Å². The van der Waals surface area contributed by atoms with Crippen molar-refractivity contribution in [2.24, 2.45) is 0 Å². The summed E-state index contributed by atoms with van der Waals surface area (Å²) < 4.78 is 12.6. The molecule has 0 unspecified atom stereocenters. The zero-order valence-electron chi connectivity index (χ0n) is 7.24. The molecule has 4 nitrogen and oxygen atoms in total. The number of halogens is 1. The highest BCUT2D eigenvalue weighted by Gasteiger charge is 2.09. The summed E-state index contributed by atoms with van der Waals surface area (Å²) >= 11 is 0. The maximum atomic E-state index is 12.6. The van der Waals surface area contributed by atoms with E-state index in [1.807, 2.05) is 0 Å². The number of pyridine rings is 1. The van der Waals surface area contributed by atoms with Gasteiger partial charge in [0.25, 0.3) is 0 Å². The molecular formula is C9H8FNO3. The van der Waals surface area contributed by atoms with Gasteiger partial charge in [0, 0.05) is 18.2 Å². The lowest BCUT2D eigenvalue weighted by Crippen LogP contribution is -2.04. The first kappa shape index (κ1) is 10.3. The zero-order chi connectivity index (χ0) is 10.6. The van der Waals surface area contributed by atoms with Crippen LogP contribution in [-0.4, -0.2) is 21.8 Å². The maximum Gasteiger partial charge on any atom is 0.303 e. The zero-order valence-corrected chi connectivity index (χ0v) is 7.24. The predicted octanol–water partition coefficient (Wildman–Crippen LogP) is 1.27. The van der Waals surface area contributed by atoms with Gasteiger partial charge < -0.3 is 5.11 Å². The number of carboxylic acid groups (broad SMARTS) is 1. The minimum Gasteiger partial charge on any atom is -0.481 e. The quantitative estimate of drug-likeness (QED) is 0.738. The number of aromatic nitrogens is 1. The van der Waals surface area contributed by atoms with Crippen LogP contribution < -0.4 is 0 Å². The molecule has 1 heterocycles. The van der Waals surface area contributed by atoms with Crippen molar-refractivity contribution in [3.8, 4) is 0 Å². The van der Waals surface area contributed by atoms with E-state index in [1.165, 1.54) is 6.20 Å². The van der Waals surface area contributed by atoms with Gasteiger partial charge in [-0.3, -0.25) is 14.6 Å². The summed E-state index contributed by atoms with van der Waals surface area (Å²) in [5.74, 6) is -2.08. The first-order valence-corrected chi connectivity index (χ1v) is 3.95. The molecule has 1 rings (SSSR count). The van der Waals surface area contributed by atoms with Crippen LogP contribution in [0.25, 0.3) is 0 Å². The fourth-order valence-electron chi connectivity index (χ4n) is 0.929. The van der Waals surface area contributed by atoms with E-state index in [-0.39, 0.29) is 18.4 Å². The van der Waals surface area contributed by atoms with Crippen molar-refractivity contribution in [2.75, 3.05) is 0 Å². The van der Waals surface area contributed by atoms with Crippen LogP contribution in [0.5, 0.6) is 0 Å². The topological polar surface area (TPSA) is 67.3 Å². The molecule has 0 aromatic carbocycles. The van der Waals surface area contributed by atoms with Gasteiger partial charge in [-0.25, -0.2) is 4.39 Å². The number of carbonyl (C=O) groups excluding carboxylic acids is 1. The molecule has 1 aromatic rings. The Balaban J connectivity index is 2.65. The molecule has 0 saturated carbocycles.